The lowest BCUT2D eigenvalue weighted by Gasteiger charge is -2.26. The van der Waals surface area contributed by atoms with Crippen molar-refractivity contribution >= 4 is 5.91 Å². The first-order valence-corrected chi connectivity index (χ1v) is 7.97. The first-order chi connectivity index (χ1) is 10.8. The molecule has 0 aliphatic carbocycles. The summed E-state index contributed by atoms with van der Waals surface area (Å²) in [5, 5.41) is 2.99. The molecule has 1 N–H and O–H groups in total. The standard InChI is InChI=1S/C17H26N2O3/c1-21-16-5-2-4-15(14-16)6-7-17(20)18-8-3-9-19-10-12-22-13-11-19/h2,4-5,14H,3,6-13H2,1H3,(H,18,20). The van der Waals surface area contributed by atoms with Crippen LogP contribution < -0.4 is 10.1 Å². The van der Waals surface area contributed by atoms with Crippen molar-refractivity contribution in [2.45, 2.75) is 19.3 Å². The first-order valence-electron chi connectivity index (χ1n) is 7.97. The van der Waals surface area contributed by atoms with Crippen molar-refractivity contribution in [2.75, 3.05) is 46.5 Å². The average Bonchev–Trinajstić information content (AvgIpc) is 2.58. The molecule has 5 heteroatoms. The van der Waals surface area contributed by atoms with Crippen LogP contribution >= 0.6 is 0 Å². The van der Waals surface area contributed by atoms with Gasteiger partial charge >= 0.3 is 0 Å². The Morgan fingerprint density at radius 1 is 1.36 bits per heavy atom. The molecule has 1 aromatic carbocycles. The molecule has 1 amide bonds. The van der Waals surface area contributed by atoms with Gasteiger partial charge in [0, 0.05) is 26.1 Å². The number of hydrogen-bond donors (Lipinski definition) is 1. The molecule has 2 rings (SSSR count). The van der Waals surface area contributed by atoms with Crippen LogP contribution in [-0.2, 0) is 16.0 Å². The molecule has 0 aromatic heterocycles. The second-order valence-electron chi connectivity index (χ2n) is 5.51. The van der Waals surface area contributed by atoms with Crippen molar-refractivity contribution in [2.24, 2.45) is 0 Å². The van der Waals surface area contributed by atoms with Gasteiger partial charge in [-0.3, -0.25) is 9.69 Å². The third-order valence-electron chi connectivity index (χ3n) is 3.85. The fraction of sp³-hybridized carbons (Fsp3) is 0.588. The van der Waals surface area contributed by atoms with Gasteiger partial charge in [0.15, 0.2) is 0 Å². The molecule has 1 aliphatic heterocycles. The molecule has 122 valence electrons. The Hall–Kier alpha value is -1.59. The van der Waals surface area contributed by atoms with Crippen LogP contribution in [-0.4, -0.2) is 57.3 Å². The van der Waals surface area contributed by atoms with E-state index in [-0.39, 0.29) is 5.91 Å². The normalized spacial score (nSPS) is 15.5. The van der Waals surface area contributed by atoms with Crippen LogP contribution in [0.5, 0.6) is 5.75 Å². The topological polar surface area (TPSA) is 50.8 Å². The molecule has 0 unspecified atom stereocenters. The van der Waals surface area contributed by atoms with Gasteiger partial charge in [0.05, 0.1) is 20.3 Å². The van der Waals surface area contributed by atoms with Crippen molar-refractivity contribution in [1.29, 1.82) is 0 Å². The molecule has 0 bridgehead atoms. The van der Waals surface area contributed by atoms with Crippen LogP contribution in [0.4, 0.5) is 0 Å². The number of benzene rings is 1. The summed E-state index contributed by atoms with van der Waals surface area (Å²) in [4.78, 5) is 14.2. The smallest absolute Gasteiger partial charge is 0.220 e. The number of amides is 1. The van der Waals surface area contributed by atoms with Gasteiger partial charge in [0.2, 0.25) is 5.91 Å². The number of morpholine rings is 1. The lowest BCUT2D eigenvalue weighted by molar-refractivity contribution is -0.121. The molecule has 0 saturated carbocycles. The highest BCUT2D eigenvalue weighted by Gasteiger charge is 2.09. The van der Waals surface area contributed by atoms with Crippen molar-refractivity contribution in [1.82, 2.24) is 10.2 Å². The summed E-state index contributed by atoms with van der Waals surface area (Å²) in [6.07, 6.45) is 2.25. The predicted molar refractivity (Wildman–Crippen MR) is 86.2 cm³/mol. The molecule has 0 radical (unpaired) electrons. The van der Waals surface area contributed by atoms with E-state index in [1.54, 1.807) is 7.11 Å². The minimum atomic E-state index is 0.116. The predicted octanol–water partition coefficient (Wildman–Crippen LogP) is 1.47. The van der Waals surface area contributed by atoms with Gasteiger partial charge in [-0.2, -0.15) is 0 Å². The maximum Gasteiger partial charge on any atom is 0.220 e. The lowest BCUT2D eigenvalue weighted by Crippen LogP contribution is -2.38. The highest BCUT2D eigenvalue weighted by Crippen LogP contribution is 2.13. The van der Waals surface area contributed by atoms with Gasteiger partial charge < -0.3 is 14.8 Å². The van der Waals surface area contributed by atoms with E-state index < -0.39 is 0 Å². The average molecular weight is 306 g/mol. The van der Waals surface area contributed by atoms with Gasteiger partial charge in [-0.25, -0.2) is 0 Å². The highest BCUT2D eigenvalue weighted by molar-refractivity contribution is 5.76. The number of rotatable bonds is 8. The largest absolute Gasteiger partial charge is 0.497 e. The Bertz CT molecular complexity index is 459. The second kappa shape index (κ2) is 9.43. The van der Waals surface area contributed by atoms with E-state index in [2.05, 4.69) is 10.2 Å². The summed E-state index contributed by atoms with van der Waals surface area (Å²) < 4.78 is 10.5. The first kappa shape index (κ1) is 16.8. The van der Waals surface area contributed by atoms with Gasteiger partial charge in [0.25, 0.3) is 0 Å². The molecule has 5 nitrogen and oxygen atoms in total. The lowest BCUT2D eigenvalue weighted by atomic mass is 10.1. The van der Waals surface area contributed by atoms with E-state index in [1.807, 2.05) is 24.3 Å². The fourth-order valence-corrected chi connectivity index (χ4v) is 2.53. The third-order valence-corrected chi connectivity index (χ3v) is 3.85. The van der Waals surface area contributed by atoms with Crippen LogP contribution in [0.25, 0.3) is 0 Å². The minimum Gasteiger partial charge on any atom is -0.497 e. The molecular weight excluding hydrogens is 280 g/mol. The van der Waals surface area contributed by atoms with Crippen LogP contribution in [0, 0.1) is 0 Å². The zero-order valence-corrected chi connectivity index (χ0v) is 13.3. The quantitative estimate of drug-likeness (QED) is 0.739. The maximum absolute atomic E-state index is 11.8. The second-order valence-corrected chi connectivity index (χ2v) is 5.51. The number of nitrogens with zero attached hydrogens (tertiary/aromatic N) is 1. The van der Waals surface area contributed by atoms with Crippen molar-refractivity contribution in [3.05, 3.63) is 29.8 Å². The zero-order valence-electron chi connectivity index (χ0n) is 13.3. The van der Waals surface area contributed by atoms with E-state index >= 15 is 0 Å². The number of ether oxygens (including phenoxy) is 2. The van der Waals surface area contributed by atoms with Crippen LogP contribution in [0.3, 0.4) is 0 Å². The SMILES string of the molecule is COc1cccc(CCC(=O)NCCCN2CCOCC2)c1. The highest BCUT2D eigenvalue weighted by atomic mass is 16.5. The van der Waals surface area contributed by atoms with E-state index in [0.29, 0.717) is 6.42 Å². The van der Waals surface area contributed by atoms with Crippen molar-refractivity contribution in [3.8, 4) is 5.75 Å². The minimum absolute atomic E-state index is 0.116. The number of methoxy groups -OCH3 is 1. The van der Waals surface area contributed by atoms with Crippen LogP contribution in [0.15, 0.2) is 24.3 Å². The van der Waals surface area contributed by atoms with Gasteiger partial charge in [-0.1, -0.05) is 12.1 Å². The number of hydrogen-bond acceptors (Lipinski definition) is 4. The molecule has 0 atom stereocenters. The summed E-state index contributed by atoms with van der Waals surface area (Å²) in [5.41, 5.74) is 1.13. The molecular formula is C17H26N2O3. The Kier molecular flexibility index (Phi) is 7.19. The monoisotopic (exact) mass is 306 g/mol. The van der Waals surface area contributed by atoms with E-state index in [4.69, 9.17) is 9.47 Å². The molecule has 1 aliphatic rings. The van der Waals surface area contributed by atoms with Crippen molar-refractivity contribution < 1.29 is 14.3 Å². The molecule has 0 spiro atoms. The van der Waals surface area contributed by atoms with Gasteiger partial charge in [0.1, 0.15) is 5.75 Å². The molecule has 1 aromatic rings. The summed E-state index contributed by atoms with van der Waals surface area (Å²) in [6.45, 7) is 5.43. The Labute approximate surface area is 132 Å². The van der Waals surface area contributed by atoms with E-state index in [9.17, 15) is 4.79 Å². The Morgan fingerprint density at radius 3 is 2.95 bits per heavy atom. The van der Waals surface area contributed by atoms with E-state index in [1.165, 1.54) is 0 Å². The summed E-state index contributed by atoms with van der Waals surface area (Å²) >= 11 is 0. The number of nitrogens with one attached hydrogen (secondary N) is 1. The fourth-order valence-electron chi connectivity index (χ4n) is 2.53. The summed E-state index contributed by atoms with van der Waals surface area (Å²) in [6, 6.07) is 7.86. The van der Waals surface area contributed by atoms with Gasteiger partial charge in [-0.05, 0) is 37.1 Å². The number of aryl methyl sites for hydroxylation is 1. The Balaban J connectivity index is 1.57. The summed E-state index contributed by atoms with van der Waals surface area (Å²) in [7, 11) is 1.65. The molecule has 1 saturated heterocycles. The van der Waals surface area contributed by atoms with Crippen molar-refractivity contribution in [3.63, 3.8) is 0 Å². The number of carbonyl (C=O) groups excluding carboxylic acids is 1. The van der Waals surface area contributed by atoms with Gasteiger partial charge in [-0.15, -0.1) is 0 Å². The number of carbonyl (C=O) groups is 1. The zero-order chi connectivity index (χ0) is 15.6. The van der Waals surface area contributed by atoms with E-state index in [0.717, 1.165) is 63.5 Å². The molecule has 1 fully saturated rings. The summed E-state index contributed by atoms with van der Waals surface area (Å²) in [5.74, 6) is 0.952. The molecule has 22 heavy (non-hydrogen) atoms. The van der Waals surface area contributed by atoms with Crippen LogP contribution in [0.2, 0.25) is 0 Å². The maximum atomic E-state index is 11.8. The van der Waals surface area contributed by atoms with Crippen LogP contribution in [0.1, 0.15) is 18.4 Å². The molecule has 1 heterocycles. The Morgan fingerprint density at radius 2 is 2.18 bits per heavy atom. The third kappa shape index (κ3) is 6.03.